The van der Waals surface area contributed by atoms with E-state index in [1.54, 1.807) is 23.1 Å². The first-order valence-electron chi connectivity index (χ1n) is 7.69. The van der Waals surface area contributed by atoms with Crippen LogP contribution in [0.5, 0.6) is 5.75 Å². The van der Waals surface area contributed by atoms with Crippen LogP contribution in [0.1, 0.15) is 34.8 Å². The molecule has 1 heterocycles. The second-order valence-corrected chi connectivity index (χ2v) is 5.74. The Labute approximate surface area is 135 Å². The number of ether oxygens (including phenoxy) is 1. The molecule has 1 aliphatic heterocycles. The number of ketones is 1. The molecule has 0 saturated heterocycles. The highest BCUT2D eigenvalue weighted by Crippen LogP contribution is 2.34. The van der Waals surface area contributed by atoms with Crippen LogP contribution in [-0.2, 0) is 11.3 Å². The normalized spacial score (nSPS) is 14.0. The van der Waals surface area contributed by atoms with Crippen LogP contribution in [0.3, 0.4) is 0 Å². The van der Waals surface area contributed by atoms with Crippen molar-refractivity contribution in [2.45, 2.75) is 26.8 Å². The summed E-state index contributed by atoms with van der Waals surface area (Å²) >= 11 is 0. The first-order chi connectivity index (χ1) is 11.1. The van der Waals surface area contributed by atoms with Crippen LogP contribution in [0.4, 0.5) is 5.69 Å². The minimum atomic E-state index is -0.0275. The van der Waals surface area contributed by atoms with Gasteiger partial charge in [-0.15, -0.1) is 0 Å². The largest absolute Gasteiger partial charge is 0.491 e. The maximum absolute atomic E-state index is 12.5. The van der Waals surface area contributed by atoms with Gasteiger partial charge in [0, 0.05) is 5.56 Å². The number of benzene rings is 2. The van der Waals surface area contributed by atoms with E-state index in [0.717, 1.165) is 11.1 Å². The molecule has 0 bridgehead atoms. The van der Waals surface area contributed by atoms with E-state index in [0.29, 0.717) is 36.6 Å². The Bertz CT molecular complexity index is 767. The number of hydrogen-bond acceptors (Lipinski definition) is 3. The van der Waals surface area contributed by atoms with Gasteiger partial charge >= 0.3 is 0 Å². The van der Waals surface area contributed by atoms with Gasteiger partial charge in [-0.1, -0.05) is 24.3 Å². The monoisotopic (exact) mass is 309 g/mol. The Hall–Kier alpha value is -2.62. The minimum absolute atomic E-state index is 0.00713. The van der Waals surface area contributed by atoms with Crippen LogP contribution in [0.15, 0.2) is 42.5 Å². The summed E-state index contributed by atoms with van der Waals surface area (Å²) in [6.45, 7) is 4.38. The molecule has 0 saturated carbocycles. The molecule has 0 unspecified atom stereocenters. The predicted molar refractivity (Wildman–Crippen MR) is 88.9 cm³/mol. The molecule has 0 radical (unpaired) electrons. The van der Waals surface area contributed by atoms with Crippen LogP contribution in [-0.4, -0.2) is 18.3 Å². The maximum Gasteiger partial charge on any atom is 0.230 e. The van der Waals surface area contributed by atoms with Gasteiger partial charge in [0.15, 0.2) is 5.78 Å². The molecular weight excluding hydrogens is 290 g/mol. The molecular formula is C19H19NO3. The standard InChI is InChI=1S/C19H19NO3/c1-13-5-3-4-6-16(13)12-20-17-11-15(14(2)21)7-8-18(17)23-10-9-19(20)22/h3-8,11H,9-10,12H2,1-2H3. The summed E-state index contributed by atoms with van der Waals surface area (Å²) in [4.78, 5) is 25.9. The lowest BCUT2D eigenvalue weighted by Crippen LogP contribution is -2.30. The van der Waals surface area contributed by atoms with Crippen molar-refractivity contribution >= 4 is 17.4 Å². The average molecular weight is 309 g/mol. The third-order valence-corrected chi connectivity index (χ3v) is 4.12. The Morgan fingerprint density at radius 2 is 2.00 bits per heavy atom. The Morgan fingerprint density at radius 1 is 1.22 bits per heavy atom. The summed E-state index contributed by atoms with van der Waals surface area (Å²) in [6.07, 6.45) is 0.329. The van der Waals surface area contributed by atoms with Gasteiger partial charge in [0.2, 0.25) is 5.91 Å². The van der Waals surface area contributed by atoms with E-state index < -0.39 is 0 Å². The molecule has 4 nitrogen and oxygen atoms in total. The molecule has 0 spiro atoms. The lowest BCUT2D eigenvalue weighted by molar-refractivity contribution is -0.118. The summed E-state index contributed by atoms with van der Waals surface area (Å²) in [6, 6.07) is 13.3. The molecule has 1 aliphatic rings. The van der Waals surface area contributed by atoms with Gasteiger partial charge in [-0.05, 0) is 43.2 Å². The van der Waals surface area contributed by atoms with E-state index >= 15 is 0 Å². The smallest absolute Gasteiger partial charge is 0.230 e. The summed E-state index contributed by atoms with van der Waals surface area (Å²) in [5.74, 6) is 0.627. The molecule has 23 heavy (non-hydrogen) atoms. The van der Waals surface area contributed by atoms with Crippen LogP contribution < -0.4 is 9.64 Å². The zero-order valence-electron chi connectivity index (χ0n) is 13.3. The highest BCUT2D eigenvalue weighted by molar-refractivity contribution is 5.99. The summed E-state index contributed by atoms with van der Waals surface area (Å²) < 4.78 is 5.68. The summed E-state index contributed by atoms with van der Waals surface area (Å²) in [7, 11) is 0. The van der Waals surface area contributed by atoms with Crippen molar-refractivity contribution in [3.63, 3.8) is 0 Å². The Morgan fingerprint density at radius 3 is 2.74 bits per heavy atom. The first kappa shape index (κ1) is 15.3. The van der Waals surface area contributed by atoms with Gasteiger partial charge in [-0.2, -0.15) is 0 Å². The number of rotatable bonds is 3. The van der Waals surface area contributed by atoms with E-state index in [9.17, 15) is 9.59 Å². The Balaban J connectivity index is 2.04. The molecule has 2 aromatic carbocycles. The van der Waals surface area contributed by atoms with Crippen molar-refractivity contribution in [2.24, 2.45) is 0 Å². The van der Waals surface area contributed by atoms with Gasteiger partial charge in [0.05, 0.1) is 25.3 Å². The molecule has 3 rings (SSSR count). The number of carbonyl (C=O) groups is 2. The van der Waals surface area contributed by atoms with E-state index in [4.69, 9.17) is 4.74 Å². The van der Waals surface area contributed by atoms with E-state index in [2.05, 4.69) is 0 Å². The number of aryl methyl sites for hydroxylation is 1. The molecule has 0 aromatic heterocycles. The molecule has 0 fully saturated rings. The second kappa shape index (κ2) is 6.24. The van der Waals surface area contributed by atoms with Gasteiger partial charge in [-0.3, -0.25) is 9.59 Å². The zero-order valence-corrected chi connectivity index (χ0v) is 13.3. The lowest BCUT2D eigenvalue weighted by atomic mass is 10.1. The number of nitrogens with zero attached hydrogens (tertiary/aromatic N) is 1. The first-order valence-corrected chi connectivity index (χ1v) is 7.69. The van der Waals surface area contributed by atoms with Crippen LogP contribution in [0.25, 0.3) is 0 Å². The number of amides is 1. The molecule has 0 N–H and O–H groups in total. The summed E-state index contributed by atoms with van der Waals surface area (Å²) in [5, 5.41) is 0. The Kier molecular flexibility index (Phi) is 4.15. The summed E-state index contributed by atoms with van der Waals surface area (Å²) in [5.41, 5.74) is 3.47. The lowest BCUT2D eigenvalue weighted by Gasteiger charge is -2.23. The quantitative estimate of drug-likeness (QED) is 0.815. The molecule has 0 atom stereocenters. The van der Waals surface area contributed by atoms with Gasteiger partial charge in [0.25, 0.3) is 0 Å². The molecule has 1 amide bonds. The maximum atomic E-state index is 12.5. The number of hydrogen-bond donors (Lipinski definition) is 0. The highest BCUT2D eigenvalue weighted by Gasteiger charge is 2.24. The molecule has 2 aromatic rings. The SMILES string of the molecule is CC(=O)c1ccc2c(c1)N(Cc1ccccc1C)C(=O)CCO2. The van der Waals surface area contributed by atoms with E-state index in [1.807, 2.05) is 31.2 Å². The van der Waals surface area contributed by atoms with Crippen molar-refractivity contribution in [3.8, 4) is 5.75 Å². The van der Waals surface area contributed by atoms with Gasteiger partial charge in [0.1, 0.15) is 5.75 Å². The van der Waals surface area contributed by atoms with Crippen LogP contribution in [0.2, 0.25) is 0 Å². The van der Waals surface area contributed by atoms with Crippen LogP contribution in [0, 0.1) is 6.92 Å². The van der Waals surface area contributed by atoms with Crippen molar-refractivity contribution < 1.29 is 14.3 Å². The fourth-order valence-electron chi connectivity index (χ4n) is 2.72. The number of carbonyl (C=O) groups excluding carboxylic acids is 2. The molecule has 4 heteroatoms. The van der Waals surface area contributed by atoms with Crippen molar-refractivity contribution in [1.82, 2.24) is 0 Å². The molecule has 0 aliphatic carbocycles. The fraction of sp³-hybridized carbons (Fsp3) is 0.263. The molecule has 118 valence electrons. The average Bonchev–Trinajstić information content (AvgIpc) is 2.68. The number of anilines is 1. The number of fused-ring (bicyclic) bond motifs is 1. The van der Waals surface area contributed by atoms with Crippen molar-refractivity contribution in [2.75, 3.05) is 11.5 Å². The minimum Gasteiger partial charge on any atom is -0.491 e. The van der Waals surface area contributed by atoms with Crippen molar-refractivity contribution in [1.29, 1.82) is 0 Å². The topological polar surface area (TPSA) is 46.6 Å². The third kappa shape index (κ3) is 3.11. The van der Waals surface area contributed by atoms with Gasteiger partial charge < -0.3 is 9.64 Å². The fourth-order valence-corrected chi connectivity index (χ4v) is 2.72. The van der Waals surface area contributed by atoms with Gasteiger partial charge in [-0.25, -0.2) is 0 Å². The number of Topliss-reactive ketones (excluding diaryl/α,β-unsaturated/α-hetero) is 1. The van der Waals surface area contributed by atoms with E-state index in [1.165, 1.54) is 6.92 Å². The third-order valence-electron chi connectivity index (χ3n) is 4.12. The zero-order chi connectivity index (χ0) is 16.4. The van der Waals surface area contributed by atoms with Crippen LogP contribution >= 0.6 is 0 Å². The predicted octanol–water partition coefficient (Wildman–Crippen LogP) is 3.51. The highest BCUT2D eigenvalue weighted by atomic mass is 16.5. The second-order valence-electron chi connectivity index (χ2n) is 5.74. The van der Waals surface area contributed by atoms with Crippen molar-refractivity contribution in [3.05, 3.63) is 59.2 Å². The van der Waals surface area contributed by atoms with E-state index in [-0.39, 0.29) is 11.7 Å².